The number of nitrogens with one attached hydrogen (secondary N) is 1. The molecule has 1 aromatic heterocycles. The van der Waals surface area contributed by atoms with Crippen molar-refractivity contribution in [1.82, 2.24) is 4.98 Å². The number of aromatic carboxylic acids is 1. The molecule has 0 fully saturated rings. The molecule has 2 N–H and O–H groups in total. The molecule has 0 saturated heterocycles. The predicted octanol–water partition coefficient (Wildman–Crippen LogP) is 5.28. The molecule has 0 spiro atoms. The second-order valence-corrected chi connectivity index (χ2v) is 6.48. The van der Waals surface area contributed by atoms with E-state index in [4.69, 9.17) is 0 Å². The van der Waals surface area contributed by atoms with E-state index < -0.39 is 5.97 Å². The number of hydrogen-bond acceptors (Lipinski definition) is 2. The van der Waals surface area contributed by atoms with Crippen molar-refractivity contribution in [2.75, 3.05) is 0 Å². The first-order chi connectivity index (χ1) is 11.5. The Bertz CT molecular complexity index is 743. The highest BCUT2D eigenvalue weighted by Crippen LogP contribution is 2.28. The lowest BCUT2D eigenvalue weighted by Crippen LogP contribution is -2.03. The number of benzene rings is 1. The first-order valence-electron chi connectivity index (χ1n) is 8.91. The van der Waals surface area contributed by atoms with Crippen LogP contribution in [0.2, 0.25) is 0 Å². The fourth-order valence-electron chi connectivity index (χ4n) is 3.15. The number of fused-ring (bicyclic) bond motifs is 1. The van der Waals surface area contributed by atoms with Gasteiger partial charge >= 0.3 is 5.97 Å². The van der Waals surface area contributed by atoms with Crippen LogP contribution in [0.15, 0.2) is 12.1 Å². The van der Waals surface area contributed by atoms with Crippen molar-refractivity contribution in [3.63, 3.8) is 0 Å². The molecule has 0 saturated carbocycles. The highest BCUT2D eigenvalue weighted by molar-refractivity contribution is 6.04. The summed E-state index contributed by atoms with van der Waals surface area (Å²) in [6.45, 7) is 6.01. The molecule has 0 aliphatic carbocycles. The van der Waals surface area contributed by atoms with E-state index in [1.54, 1.807) is 13.0 Å². The first-order valence-corrected chi connectivity index (χ1v) is 8.91. The number of carboxylic acid groups (broad SMARTS) is 1. The monoisotopic (exact) mass is 329 g/mol. The molecule has 0 aliphatic rings. The number of ketones is 1. The van der Waals surface area contributed by atoms with Gasteiger partial charge in [-0.25, -0.2) is 4.79 Å². The number of carboxylic acids is 1. The van der Waals surface area contributed by atoms with Crippen LogP contribution in [-0.4, -0.2) is 21.8 Å². The topological polar surface area (TPSA) is 70.2 Å². The van der Waals surface area contributed by atoms with Crippen molar-refractivity contribution < 1.29 is 14.7 Å². The Morgan fingerprint density at radius 2 is 1.79 bits per heavy atom. The zero-order valence-corrected chi connectivity index (χ0v) is 14.9. The SMILES string of the molecule is CCCCCc1c(C(=O)CCCC)[nH]c2cc(C)c(C(=O)O)cc12. The largest absolute Gasteiger partial charge is 0.478 e. The molecule has 2 rings (SSSR count). The van der Waals surface area contributed by atoms with Gasteiger partial charge in [0, 0.05) is 17.3 Å². The molecule has 0 radical (unpaired) electrons. The Kier molecular flexibility index (Phi) is 6.18. The minimum Gasteiger partial charge on any atom is -0.478 e. The molecule has 130 valence electrons. The van der Waals surface area contributed by atoms with Gasteiger partial charge in [-0.05, 0) is 49.4 Å². The fourth-order valence-corrected chi connectivity index (χ4v) is 3.15. The number of carbonyl (C=O) groups is 2. The van der Waals surface area contributed by atoms with Crippen molar-refractivity contribution in [3.05, 3.63) is 34.5 Å². The first kappa shape index (κ1) is 18.2. The summed E-state index contributed by atoms with van der Waals surface area (Å²) in [6.07, 6.45) is 6.43. The number of aromatic nitrogens is 1. The third-order valence-corrected chi connectivity index (χ3v) is 4.55. The molecule has 4 nitrogen and oxygen atoms in total. The molecule has 0 bridgehead atoms. The predicted molar refractivity (Wildman–Crippen MR) is 97.1 cm³/mol. The van der Waals surface area contributed by atoms with E-state index in [2.05, 4.69) is 18.8 Å². The van der Waals surface area contributed by atoms with Crippen LogP contribution in [0.3, 0.4) is 0 Å². The fraction of sp³-hybridized carbons (Fsp3) is 0.500. The van der Waals surface area contributed by atoms with Crippen LogP contribution < -0.4 is 0 Å². The van der Waals surface area contributed by atoms with Gasteiger partial charge in [-0.1, -0.05) is 33.1 Å². The minimum absolute atomic E-state index is 0.133. The van der Waals surface area contributed by atoms with Gasteiger partial charge in [-0.2, -0.15) is 0 Å². The van der Waals surface area contributed by atoms with Crippen molar-refractivity contribution in [3.8, 4) is 0 Å². The molecule has 1 aromatic carbocycles. The number of aromatic amines is 1. The molecular formula is C20H27NO3. The highest BCUT2D eigenvalue weighted by atomic mass is 16.4. The average molecular weight is 329 g/mol. The Balaban J connectivity index is 2.52. The van der Waals surface area contributed by atoms with E-state index in [-0.39, 0.29) is 5.78 Å². The molecule has 0 unspecified atom stereocenters. The van der Waals surface area contributed by atoms with Crippen LogP contribution in [0.1, 0.15) is 84.3 Å². The summed E-state index contributed by atoms with van der Waals surface area (Å²) in [6, 6.07) is 3.57. The van der Waals surface area contributed by atoms with E-state index in [0.717, 1.165) is 55.0 Å². The van der Waals surface area contributed by atoms with Gasteiger partial charge in [0.1, 0.15) is 0 Å². The summed E-state index contributed by atoms with van der Waals surface area (Å²) in [4.78, 5) is 27.3. The normalized spacial score (nSPS) is 11.1. The Labute approximate surface area is 143 Å². The van der Waals surface area contributed by atoms with Gasteiger partial charge in [0.2, 0.25) is 0 Å². The quantitative estimate of drug-likeness (QED) is 0.485. The van der Waals surface area contributed by atoms with Crippen molar-refractivity contribution in [2.45, 2.75) is 65.7 Å². The lowest BCUT2D eigenvalue weighted by molar-refractivity contribution is 0.0696. The highest BCUT2D eigenvalue weighted by Gasteiger charge is 2.19. The van der Waals surface area contributed by atoms with E-state index in [1.165, 1.54) is 0 Å². The summed E-state index contributed by atoms with van der Waals surface area (Å²) in [5, 5.41) is 10.3. The smallest absolute Gasteiger partial charge is 0.335 e. The molecule has 0 aliphatic heterocycles. The molecule has 0 amide bonds. The van der Waals surface area contributed by atoms with Crippen LogP contribution >= 0.6 is 0 Å². The van der Waals surface area contributed by atoms with Crippen LogP contribution in [-0.2, 0) is 6.42 Å². The number of Topliss-reactive ketones (excluding diaryl/α,β-unsaturated/α-hetero) is 1. The lowest BCUT2D eigenvalue weighted by Gasteiger charge is -2.05. The van der Waals surface area contributed by atoms with Crippen molar-refractivity contribution in [2.24, 2.45) is 0 Å². The lowest BCUT2D eigenvalue weighted by atomic mass is 9.98. The Hall–Kier alpha value is -2.10. The zero-order valence-electron chi connectivity index (χ0n) is 14.9. The summed E-state index contributed by atoms with van der Waals surface area (Å²) >= 11 is 0. The number of rotatable bonds is 9. The van der Waals surface area contributed by atoms with E-state index in [1.807, 2.05) is 6.07 Å². The number of hydrogen-bond donors (Lipinski definition) is 2. The summed E-state index contributed by atoms with van der Waals surface area (Å²) in [5.41, 5.74) is 3.55. The second-order valence-electron chi connectivity index (χ2n) is 6.48. The maximum absolute atomic E-state index is 12.6. The number of unbranched alkanes of at least 4 members (excludes halogenated alkanes) is 3. The zero-order chi connectivity index (χ0) is 17.7. The van der Waals surface area contributed by atoms with E-state index in [9.17, 15) is 14.7 Å². The standard InChI is InChI=1S/C20H27NO3/c1-4-6-8-9-14-16-12-15(20(23)24)13(3)11-17(16)21-19(14)18(22)10-7-5-2/h11-12,21H,4-10H2,1-3H3,(H,23,24). The summed E-state index contributed by atoms with van der Waals surface area (Å²) < 4.78 is 0. The number of aryl methyl sites for hydroxylation is 2. The maximum atomic E-state index is 12.6. The van der Waals surface area contributed by atoms with Gasteiger partial charge in [0.05, 0.1) is 11.3 Å². The Morgan fingerprint density at radius 3 is 2.42 bits per heavy atom. The van der Waals surface area contributed by atoms with Crippen LogP contribution in [0.4, 0.5) is 0 Å². The van der Waals surface area contributed by atoms with Crippen LogP contribution in [0.5, 0.6) is 0 Å². The molecule has 4 heteroatoms. The van der Waals surface area contributed by atoms with Crippen molar-refractivity contribution in [1.29, 1.82) is 0 Å². The number of carbonyl (C=O) groups excluding carboxylic acids is 1. The van der Waals surface area contributed by atoms with Gasteiger partial charge in [0.25, 0.3) is 0 Å². The molecule has 0 atom stereocenters. The van der Waals surface area contributed by atoms with Gasteiger partial charge in [-0.3, -0.25) is 4.79 Å². The average Bonchev–Trinajstić information content (AvgIpc) is 2.89. The van der Waals surface area contributed by atoms with Gasteiger partial charge in [0.15, 0.2) is 5.78 Å². The van der Waals surface area contributed by atoms with Crippen LogP contribution in [0.25, 0.3) is 10.9 Å². The third-order valence-electron chi connectivity index (χ3n) is 4.55. The van der Waals surface area contributed by atoms with Crippen molar-refractivity contribution >= 4 is 22.7 Å². The Morgan fingerprint density at radius 1 is 1.08 bits per heavy atom. The van der Waals surface area contributed by atoms with Gasteiger partial charge < -0.3 is 10.1 Å². The maximum Gasteiger partial charge on any atom is 0.335 e. The molecule has 2 aromatic rings. The van der Waals surface area contributed by atoms with Crippen LogP contribution in [0, 0.1) is 6.92 Å². The molecular weight excluding hydrogens is 302 g/mol. The second kappa shape index (κ2) is 8.13. The third kappa shape index (κ3) is 3.86. The number of H-pyrrole nitrogens is 1. The molecule has 1 heterocycles. The minimum atomic E-state index is -0.922. The van der Waals surface area contributed by atoms with E-state index in [0.29, 0.717) is 23.2 Å². The summed E-state index contributed by atoms with van der Waals surface area (Å²) in [5.74, 6) is -0.789. The van der Waals surface area contributed by atoms with Gasteiger partial charge in [-0.15, -0.1) is 0 Å². The summed E-state index contributed by atoms with van der Waals surface area (Å²) in [7, 11) is 0. The molecule has 24 heavy (non-hydrogen) atoms. The van der Waals surface area contributed by atoms with E-state index >= 15 is 0 Å².